The van der Waals surface area contributed by atoms with Crippen molar-refractivity contribution in [3.63, 3.8) is 0 Å². The van der Waals surface area contributed by atoms with E-state index in [1.807, 2.05) is 0 Å². The molecule has 3 heterocycles. The standard InChI is InChI=1S/C24H31FN4O5/c1-27(24(33)34)20-14-29(13-19(20)15-2-5-18(25)6-3-15)22(31)16-8-10-28(11-9-16)23(32)17-4-7-21(30)26-12-17/h2-3,5-6,16-17,19-20H,4,7-14H2,1H3,(H,26,30)(H,33,34)/t17?,19-,20+/m0/s1. The Morgan fingerprint density at radius 2 is 1.65 bits per heavy atom. The fraction of sp³-hybridized carbons (Fsp3) is 0.583. The van der Waals surface area contributed by atoms with Crippen LogP contribution in [0, 0.1) is 17.7 Å². The lowest BCUT2D eigenvalue weighted by Crippen LogP contribution is -2.49. The number of benzene rings is 1. The number of nitrogens with zero attached hydrogens (tertiary/aromatic N) is 3. The quantitative estimate of drug-likeness (QED) is 0.687. The smallest absolute Gasteiger partial charge is 0.407 e. The molecule has 0 radical (unpaired) electrons. The highest BCUT2D eigenvalue weighted by Gasteiger charge is 2.42. The predicted molar refractivity (Wildman–Crippen MR) is 120 cm³/mol. The third kappa shape index (κ3) is 5.00. The Balaban J connectivity index is 1.38. The maximum Gasteiger partial charge on any atom is 0.407 e. The van der Waals surface area contributed by atoms with Crippen molar-refractivity contribution in [3.05, 3.63) is 35.6 Å². The van der Waals surface area contributed by atoms with E-state index in [9.17, 15) is 28.7 Å². The van der Waals surface area contributed by atoms with E-state index in [1.54, 1.807) is 21.9 Å². The van der Waals surface area contributed by atoms with Crippen molar-refractivity contribution >= 4 is 23.8 Å². The maximum absolute atomic E-state index is 13.4. The van der Waals surface area contributed by atoms with Gasteiger partial charge in [0, 0.05) is 58.0 Å². The molecule has 1 aromatic rings. The molecule has 3 fully saturated rings. The van der Waals surface area contributed by atoms with Crippen molar-refractivity contribution in [3.8, 4) is 0 Å². The van der Waals surface area contributed by atoms with E-state index in [1.165, 1.54) is 24.1 Å². The average Bonchev–Trinajstić information content (AvgIpc) is 3.29. The molecule has 10 heteroatoms. The van der Waals surface area contributed by atoms with E-state index in [0.29, 0.717) is 51.9 Å². The molecule has 3 saturated heterocycles. The number of carbonyl (C=O) groups is 4. The van der Waals surface area contributed by atoms with E-state index in [2.05, 4.69) is 5.32 Å². The average molecular weight is 475 g/mol. The number of nitrogens with one attached hydrogen (secondary N) is 1. The summed E-state index contributed by atoms with van der Waals surface area (Å²) in [5.74, 6) is -1.05. The normalized spacial score (nSPS) is 25.7. The summed E-state index contributed by atoms with van der Waals surface area (Å²) < 4.78 is 13.4. The number of likely N-dealkylation sites (N-methyl/N-ethyl adjacent to an activating group) is 1. The summed E-state index contributed by atoms with van der Waals surface area (Å²) in [7, 11) is 1.50. The molecule has 9 nitrogen and oxygen atoms in total. The monoisotopic (exact) mass is 474 g/mol. The summed E-state index contributed by atoms with van der Waals surface area (Å²) in [5.41, 5.74) is 0.801. The topological polar surface area (TPSA) is 110 Å². The van der Waals surface area contributed by atoms with Crippen LogP contribution >= 0.6 is 0 Å². The third-order valence-corrected chi connectivity index (χ3v) is 7.47. The minimum Gasteiger partial charge on any atom is -0.465 e. The van der Waals surface area contributed by atoms with Crippen LogP contribution in [0.5, 0.6) is 0 Å². The van der Waals surface area contributed by atoms with Gasteiger partial charge in [0.15, 0.2) is 0 Å². The van der Waals surface area contributed by atoms with Gasteiger partial charge in [-0.15, -0.1) is 0 Å². The van der Waals surface area contributed by atoms with Gasteiger partial charge in [0.05, 0.1) is 12.0 Å². The summed E-state index contributed by atoms with van der Waals surface area (Å²) in [5, 5.41) is 12.3. The van der Waals surface area contributed by atoms with Crippen LogP contribution in [0.1, 0.15) is 37.2 Å². The first-order chi connectivity index (χ1) is 16.2. The Kier molecular flexibility index (Phi) is 7.04. The second kappa shape index (κ2) is 9.99. The van der Waals surface area contributed by atoms with Gasteiger partial charge in [0.25, 0.3) is 0 Å². The number of hydrogen-bond acceptors (Lipinski definition) is 4. The molecule has 4 rings (SSSR count). The summed E-state index contributed by atoms with van der Waals surface area (Å²) in [6.07, 6.45) is 0.959. The molecule has 3 aliphatic heterocycles. The molecule has 0 aromatic heterocycles. The molecule has 3 aliphatic rings. The molecule has 184 valence electrons. The fourth-order valence-electron chi connectivity index (χ4n) is 5.35. The van der Waals surface area contributed by atoms with Crippen LogP contribution in [0.4, 0.5) is 9.18 Å². The van der Waals surface area contributed by atoms with Crippen LogP contribution in [0.3, 0.4) is 0 Å². The molecule has 0 bridgehead atoms. The number of halogens is 1. The Morgan fingerprint density at radius 1 is 1.00 bits per heavy atom. The van der Waals surface area contributed by atoms with Crippen LogP contribution in [-0.4, -0.2) is 89.4 Å². The Bertz CT molecular complexity index is 937. The van der Waals surface area contributed by atoms with Gasteiger partial charge in [0.1, 0.15) is 5.82 Å². The molecule has 1 unspecified atom stereocenters. The van der Waals surface area contributed by atoms with Crippen LogP contribution < -0.4 is 5.32 Å². The Morgan fingerprint density at radius 3 is 2.24 bits per heavy atom. The molecular formula is C24H31FN4O5. The van der Waals surface area contributed by atoms with Crippen LogP contribution in [0.25, 0.3) is 0 Å². The van der Waals surface area contributed by atoms with Gasteiger partial charge < -0.3 is 25.1 Å². The largest absolute Gasteiger partial charge is 0.465 e. The SMILES string of the molecule is CN(C(=O)O)[C@@H]1CN(C(=O)C2CCN(C(=O)C3CCC(=O)NC3)CC2)C[C@H]1c1ccc(F)cc1. The van der Waals surface area contributed by atoms with Crippen molar-refractivity contribution < 1.29 is 28.7 Å². The third-order valence-electron chi connectivity index (χ3n) is 7.47. The van der Waals surface area contributed by atoms with Gasteiger partial charge in [-0.05, 0) is 37.0 Å². The highest BCUT2D eigenvalue weighted by Crippen LogP contribution is 2.33. The van der Waals surface area contributed by atoms with E-state index in [4.69, 9.17) is 0 Å². The highest BCUT2D eigenvalue weighted by atomic mass is 19.1. The molecule has 0 saturated carbocycles. The Hall–Kier alpha value is -3.17. The first kappa shape index (κ1) is 24.0. The first-order valence-corrected chi connectivity index (χ1v) is 11.8. The van der Waals surface area contributed by atoms with Crippen molar-refractivity contribution in [2.45, 2.75) is 37.6 Å². The molecule has 3 atom stereocenters. The van der Waals surface area contributed by atoms with E-state index in [0.717, 1.165) is 5.56 Å². The summed E-state index contributed by atoms with van der Waals surface area (Å²) in [4.78, 5) is 53.9. The Labute approximate surface area is 197 Å². The number of hydrogen-bond donors (Lipinski definition) is 2. The summed E-state index contributed by atoms with van der Waals surface area (Å²) in [6, 6.07) is 5.57. The zero-order valence-corrected chi connectivity index (χ0v) is 19.3. The van der Waals surface area contributed by atoms with Crippen LogP contribution in [-0.2, 0) is 14.4 Å². The maximum atomic E-state index is 13.4. The lowest BCUT2D eigenvalue weighted by molar-refractivity contribution is -0.143. The molecule has 4 amide bonds. The molecule has 2 N–H and O–H groups in total. The minimum absolute atomic E-state index is 0.0228. The lowest BCUT2D eigenvalue weighted by atomic mass is 9.92. The number of carbonyl (C=O) groups excluding carboxylic acids is 3. The van der Waals surface area contributed by atoms with Crippen molar-refractivity contribution in [1.82, 2.24) is 20.0 Å². The van der Waals surface area contributed by atoms with Gasteiger partial charge in [-0.1, -0.05) is 12.1 Å². The minimum atomic E-state index is -1.07. The molecular weight excluding hydrogens is 443 g/mol. The van der Waals surface area contributed by atoms with Crippen molar-refractivity contribution in [1.29, 1.82) is 0 Å². The zero-order chi connectivity index (χ0) is 24.4. The van der Waals surface area contributed by atoms with E-state index in [-0.39, 0.29) is 47.8 Å². The van der Waals surface area contributed by atoms with Crippen LogP contribution in [0.15, 0.2) is 24.3 Å². The second-order valence-electron chi connectivity index (χ2n) is 9.50. The first-order valence-electron chi connectivity index (χ1n) is 11.8. The van der Waals surface area contributed by atoms with Crippen molar-refractivity contribution in [2.24, 2.45) is 11.8 Å². The van der Waals surface area contributed by atoms with Gasteiger partial charge in [-0.2, -0.15) is 0 Å². The number of likely N-dealkylation sites (tertiary alicyclic amines) is 2. The van der Waals surface area contributed by atoms with Gasteiger partial charge in [0.2, 0.25) is 17.7 Å². The fourth-order valence-corrected chi connectivity index (χ4v) is 5.35. The summed E-state index contributed by atoms with van der Waals surface area (Å²) >= 11 is 0. The number of carboxylic acid groups (broad SMARTS) is 1. The summed E-state index contributed by atoms with van der Waals surface area (Å²) in [6.45, 7) is 2.01. The molecule has 0 spiro atoms. The predicted octanol–water partition coefficient (Wildman–Crippen LogP) is 1.49. The molecule has 0 aliphatic carbocycles. The lowest BCUT2D eigenvalue weighted by Gasteiger charge is -2.36. The van der Waals surface area contributed by atoms with E-state index >= 15 is 0 Å². The number of piperidine rings is 2. The number of rotatable bonds is 4. The van der Waals surface area contributed by atoms with E-state index < -0.39 is 12.1 Å². The van der Waals surface area contributed by atoms with Crippen LogP contribution in [0.2, 0.25) is 0 Å². The van der Waals surface area contributed by atoms with Gasteiger partial charge in [-0.25, -0.2) is 9.18 Å². The molecule has 34 heavy (non-hydrogen) atoms. The number of amides is 4. The van der Waals surface area contributed by atoms with Gasteiger partial charge >= 0.3 is 6.09 Å². The second-order valence-corrected chi connectivity index (χ2v) is 9.50. The zero-order valence-electron chi connectivity index (χ0n) is 19.3. The van der Waals surface area contributed by atoms with Gasteiger partial charge in [-0.3, -0.25) is 14.4 Å². The highest BCUT2D eigenvalue weighted by molar-refractivity contribution is 5.84. The van der Waals surface area contributed by atoms with Crippen molar-refractivity contribution in [2.75, 3.05) is 39.8 Å². The molecule has 1 aromatic carbocycles.